The number of carbonyl (C=O) groups excluding carboxylic acids is 2. The highest BCUT2D eigenvalue weighted by molar-refractivity contribution is 9.10. The van der Waals surface area contributed by atoms with Gasteiger partial charge >= 0.3 is 0 Å². The zero-order valence-corrected chi connectivity index (χ0v) is 14.9. The van der Waals surface area contributed by atoms with E-state index in [1.165, 1.54) is 0 Å². The van der Waals surface area contributed by atoms with E-state index in [1.807, 2.05) is 12.1 Å². The summed E-state index contributed by atoms with van der Waals surface area (Å²) in [6.07, 6.45) is 0.766. The van der Waals surface area contributed by atoms with Gasteiger partial charge in [-0.1, -0.05) is 12.1 Å². The highest BCUT2D eigenvalue weighted by Gasteiger charge is 2.10. The van der Waals surface area contributed by atoms with Gasteiger partial charge in [-0.2, -0.15) is 0 Å². The molecule has 0 saturated carbocycles. The van der Waals surface area contributed by atoms with Gasteiger partial charge < -0.3 is 15.4 Å². The zero-order valence-electron chi connectivity index (χ0n) is 13.3. The van der Waals surface area contributed by atoms with Crippen molar-refractivity contribution in [1.82, 2.24) is 5.32 Å². The summed E-state index contributed by atoms with van der Waals surface area (Å²) in [6, 6.07) is 14.0. The number of hydrogen-bond acceptors (Lipinski definition) is 3. The average molecular weight is 391 g/mol. The van der Waals surface area contributed by atoms with E-state index in [2.05, 4.69) is 26.6 Å². The van der Waals surface area contributed by atoms with Gasteiger partial charge in [-0.05, 0) is 58.7 Å². The number of nitrogens with one attached hydrogen (secondary N) is 2. The third kappa shape index (κ3) is 5.18. The van der Waals surface area contributed by atoms with E-state index >= 15 is 0 Å². The maximum atomic E-state index is 12.2. The molecule has 0 saturated heterocycles. The molecule has 2 aromatic carbocycles. The molecule has 0 radical (unpaired) electrons. The lowest BCUT2D eigenvalue weighted by molar-refractivity contribution is 0.0948. The topological polar surface area (TPSA) is 67.4 Å². The minimum atomic E-state index is -0.209. The fourth-order valence-corrected chi connectivity index (χ4v) is 2.53. The molecule has 0 atom stereocenters. The second kappa shape index (κ2) is 9.20. The van der Waals surface area contributed by atoms with Crippen LogP contribution in [0.5, 0.6) is 0 Å². The first-order valence-electron chi connectivity index (χ1n) is 7.55. The molecule has 2 aromatic rings. The Morgan fingerprint density at radius 3 is 2.42 bits per heavy atom. The number of anilines is 1. The molecule has 0 aliphatic heterocycles. The van der Waals surface area contributed by atoms with E-state index in [9.17, 15) is 9.59 Å². The van der Waals surface area contributed by atoms with Crippen LogP contribution in [0.2, 0.25) is 0 Å². The second-order valence-corrected chi connectivity index (χ2v) is 5.97. The molecule has 0 heterocycles. The number of rotatable bonds is 7. The number of benzene rings is 2. The van der Waals surface area contributed by atoms with Crippen LogP contribution in [0.3, 0.4) is 0 Å². The predicted molar refractivity (Wildman–Crippen MR) is 97.4 cm³/mol. The van der Waals surface area contributed by atoms with Gasteiger partial charge in [0.1, 0.15) is 0 Å². The fraction of sp³-hybridized carbons (Fsp3) is 0.222. The van der Waals surface area contributed by atoms with E-state index < -0.39 is 0 Å². The van der Waals surface area contributed by atoms with Crippen molar-refractivity contribution in [3.8, 4) is 0 Å². The number of ether oxygens (including phenoxy) is 1. The summed E-state index contributed by atoms with van der Waals surface area (Å²) in [6.45, 7) is 1.17. The Bertz CT molecular complexity index is 702. The Balaban J connectivity index is 1.93. The van der Waals surface area contributed by atoms with Crippen molar-refractivity contribution in [2.75, 3.05) is 25.6 Å². The molecule has 0 aliphatic rings. The maximum absolute atomic E-state index is 12.2. The molecule has 0 aromatic heterocycles. The molecule has 0 aliphatic carbocycles. The molecule has 6 heteroatoms. The minimum absolute atomic E-state index is 0.144. The van der Waals surface area contributed by atoms with Crippen LogP contribution in [0.1, 0.15) is 27.1 Å². The summed E-state index contributed by atoms with van der Waals surface area (Å²) in [7, 11) is 1.63. The van der Waals surface area contributed by atoms with Crippen LogP contribution in [-0.2, 0) is 4.74 Å². The molecule has 2 rings (SSSR count). The number of amides is 2. The van der Waals surface area contributed by atoms with E-state index in [-0.39, 0.29) is 11.8 Å². The molecule has 2 amide bonds. The second-order valence-electron chi connectivity index (χ2n) is 5.11. The Kier molecular flexibility index (Phi) is 6.96. The highest BCUT2D eigenvalue weighted by atomic mass is 79.9. The third-order valence-corrected chi connectivity index (χ3v) is 4.03. The largest absolute Gasteiger partial charge is 0.385 e. The number of carbonyl (C=O) groups is 2. The van der Waals surface area contributed by atoms with E-state index in [0.717, 1.165) is 10.9 Å². The summed E-state index contributed by atoms with van der Waals surface area (Å²) < 4.78 is 5.66. The summed E-state index contributed by atoms with van der Waals surface area (Å²) in [4.78, 5) is 24.2. The lowest BCUT2D eigenvalue weighted by atomic mass is 10.1. The van der Waals surface area contributed by atoms with Crippen LogP contribution in [0.4, 0.5) is 5.69 Å². The van der Waals surface area contributed by atoms with Gasteiger partial charge in [0, 0.05) is 36.0 Å². The standard InChI is InChI=1S/C18H19BrN2O3/c1-24-12-4-11-20-17(22)13-7-9-14(10-8-13)21-18(23)15-5-2-3-6-16(15)19/h2-3,5-10H,4,11-12H2,1H3,(H,20,22)(H,21,23). The monoisotopic (exact) mass is 390 g/mol. The lowest BCUT2D eigenvalue weighted by Crippen LogP contribution is -2.25. The van der Waals surface area contributed by atoms with Crippen LogP contribution < -0.4 is 10.6 Å². The molecule has 0 unspecified atom stereocenters. The fourth-order valence-electron chi connectivity index (χ4n) is 2.07. The first kappa shape index (κ1) is 18.2. The van der Waals surface area contributed by atoms with Crippen LogP contribution >= 0.6 is 15.9 Å². The molecule has 5 nitrogen and oxygen atoms in total. The van der Waals surface area contributed by atoms with Gasteiger partial charge in [-0.15, -0.1) is 0 Å². The molecular formula is C18H19BrN2O3. The first-order chi connectivity index (χ1) is 11.6. The molecule has 0 spiro atoms. The first-order valence-corrected chi connectivity index (χ1v) is 8.34. The lowest BCUT2D eigenvalue weighted by Gasteiger charge is -2.08. The smallest absolute Gasteiger partial charge is 0.256 e. The Hall–Kier alpha value is -2.18. The Morgan fingerprint density at radius 2 is 1.75 bits per heavy atom. The Labute approximate surface area is 149 Å². The van der Waals surface area contributed by atoms with Crippen LogP contribution in [0, 0.1) is 0 Å². The third-order valence-electron chi connectivity index (χ3n) is 3.33. The van der Waals surface area contributed by atoms with Gasteiger partial charge in [-0.25, -0.2) is 0 Å². The van der Waals surface area contributed by atoms with Gasteiger partial charge in [0.25, 0.3) is 11.8 Å². The van der Waals surface area contributed by atoms with Crippen LogP contribution in [0.25, 0.3) is 0 Å². The summed E-state index contributed by atoms with van der Waals surface area (Å²) in [5.41, 5.74) is 1.73. The quantitative estimate of drug-likeness (QED) is 0.711. The predicted octanol–water partition coefficient (Wildman–Crippen LogP) is 3.47. The van der Waals surface area contributed by atoms with Crippen molar-refractivity contribution in [3.63, 3.8) is 0 Å². The number of halogens is 1. The number of methoxy groups -OCH3 is 1. The minimum Gasteiger partial charge on any atom is -0.385 e. The van der Waals surface area contributed by atoms with Crippen molar-refractivity contribution < 1.29 is 14.3 Å². The molecule has 126 valence electrons. The summed E-state index contributed by atoms with van der Waals surface area (Å²) >= 11 is 3.35. The highest BCUT2D eigenvalue weighted by Crippen LogP contribution is 2.18. The summed E-state index contributed by atoms with van der Waals surface area (Å²) in [5, 5.41) is 5.62. The van der Waals surface area contributed by atoms with E-state index in [1.54, 1.807) is 43.5 Å². The van der Waals surface area contributed by atoms with Crippen molar-refractivity contribution in [2.45, 2.75) is 6.42 Å². The number of hydrogen-bond donors (Lipinski definition) is 2. The van der Waals surface area contributed by atoms with Crippen LogP contribution in [0.15, 0.2) is 53.0 Å². The molecular weight excluding hydrogens is 372 g/mol. The SMILES string of the molecule is COCCCNC(=O)c1ccc(NC(=O)c2ccccc2Br)cc1. The van der Waals surface area contributed by atoms with Gasteiger partial charge in [-0.3, -0.25) is 9.59 Å². The summed E-state index contributed by atoms with van der Waals surface area (Å²) in [5.74, 6) is -0.353. The van der Waals surface area contributed by atoms with Crippen molar-refractivity contribution in [3.05, 3.63) is 64.1 Å². The average Bonchev–Trinajstić information content (AvgIpc) is 2.59. The van der Waals surface area contributed by atoms with Crippen LogP contribution in [-0.4, -0.2) is 32.1 Å². The van der Waals surface area contributed by atoms with E-state index in [0.29, 0.717) is 30.0 Å². The molecule has 24 heavy (non-hydrogen) atoms. The maximum Gasteiger partial charge on any atom is 0.256 e. The van der Waals surface area contributed by atoms with Crippen molar-refractivity contribution >= 4 is 33.4 Å². The Morgan fingerprint density at radius 1 is 1.04 bits per heavy atom. The zero-order chi connectivity index (χ0) is 17.4. The molecule has 0 bridgehead atoms. The van der Waals surface area contributed by atoms with Crippen molar-refractivity contribution in [1.29, 1.82) is 0 Å². The normalized spacial score (nSPS) is 10.2. The van der Waals surface area contributed by atoms with Gasteiger partial charge in [0.2, 0.25) is 0 Å². The van der Waals surface area contributed by atoms with Gasteiger partial charge in [0.05, 0.1) is 5.56 Å². The van der Waals surface area contributed by atoms with Gasteiger partial charge in [0.15, 0.2) is 0 Å². The molecule has 2 N–H and O–H groups in total. The van der Waals surface area contributed by atoms with Crippen molar-refractivity contribution in [2.24, 2.45) is 0 Å². The molecule has 0 fully saturated rings. The van der Waals surface area contributed by atoms with E-state index in [4.69, 9.17) is 4.74 Å².